The average molecular weight is 285 g/mol. The van der Waals surface area contributed by atoms with Crippen molar-refractivity contribution in [1.29, 1.82) is 0 Å². The predicted octanol–water partition coefficient (Wildman–Crippen LogP) is 3.81. The SMILES string of the molecule is CC(=O)c1c(Br)ccc(F)c1C(F)(F)F. The molecule has 0 radical (unpaired) electrons. The summed E-state index contributed by atoms with van der Waals surface area (Å²) in [7, 11) is 0. The number of benzene rings is 1. The summed E-state index contributed by atoms with van der Waals surface area (Å²) in [6, 6.07) is 1.74. The van der Waals surface area contributed by atoms with Crippen molar-refractivity contribution in [2.75, 3.05) is 0 Å². The molecule has 0 saturated heterocycles. The van der Waals surface area contributed by atoms with E-state index in [0.717, 1.165) is 13.0 Å². The first-order valence-corrected chi connectivity index (χ1v) is 4.60. The smallest absolute Gasteiger partial charge is 0.294 e. The van der Waals surface area contributed by atoms with Crippen LogP contribution in [0.1, 0.15) is 22.8 Å². The van der Waals surface area contributed by atoms with Gasteiger partial charge in [0.15, 0.2) is 5.78 Å². The molecule has 1 nitrogen and oxygen atoms in total. The molecule has 1 aromatic carbocycles. The molecule has 0 unspecified atom stereocenters. The molecule has 0 aliphatic rings. The second kappa shape index (κ2) is 3.92. The Morgan fingerprint density at radius 2 is 1.87 bits per heavy atom. The van der Waals surface area contributed by atoms with E-state index in [1.54, 1.807) is 0 Å². The number of hydrogen-bond acceptors (Lipinski definition) is 1. The lowest BCUT2D eigenvalue weighted by atomic mass is 10.0. The Balaban J connectivity index is 3.60. The van der Waals surface area contributed by atoms with Gasteiger partial charge in [0.25, 0.3) is 0 Å². The van der Waals surface area contributed by atoms with Crippen LogP contribution in [0.2, 0.25) is 0 Å². The van der Waals surface area contributed by atoms with E-state index < -0.39 is 28.9 Å². The maximum Gasteiger partial charge on any atom is 0.419 e. The van der Waals surface area contributed by atoms with Gasteiger partial charge >= 0.3 is 6.18 Å². The van der Waals surface area contributed by atoms with Crippen LogP contribution in [0.3, 0.4) is 0 Å². The highest BCUT2D eigenvalue weighted by Gasteiger charge is 2.38. The van der Waals surface area contributed by atoms with Gasteiger partial charge in [0, 0.05) is 10.0 Å². The largest absolute Gasteiger partial charge is 0.419 e. The lowest BCUT2D eigenvalue weighted by Gasteiger charge is -2.13. The highest BCUT2D eigenvalue weighted by atomic mass is 79.9. The fourth-order valence-electron chi connectivity index (χ4n) is 1.17. The molecule has 0 aliphatic carbocycles. The van der Waals surface area contributed by atoms with E-state index in [1.807, 2.05) is 0 Å². The molecular weight excluding hydrogens is 280 g/mol. The number of hydrogen-bond donors (Lipinski definition) is 0. The third kappa shape index (κ3) is 2.37. The van der Waals surface area contributed by atoms with Crippen molar-refractivity contribution in [1.82, 2.24) is 0 Å². The third-order valence-corrected chi connectivity index (χ3v) is 2.40. The predicted molar refractivity (Wildman–Crippen MR) is 49.1 cm³/mol. The molecule has 0 spiro atoms. The van der Waals surface area contributed by atoms with E-state index >= 15 is 0 Å². The fourth-order valence-corrected chi connectivity index (χ4v) is 1.78. The monoisotopic (exact) mass is 284 g/mol. The van der Waals surface area contributed by atoms with Gasteiger partial charge in [-0.25, -0.2) is 4.39 Å². The molecule has 0 atom stereocenters. The molecule has 0 aliphatic heterocycles. The van der Waals surface area contributed by atoms with Crippen LogP contribution in [0.15, 0.2) is 16.6 Å². The Hall–Kier alpha value is -0.910. The summed E-state index contributed by atoms with van der Waals surface area (Å²) < 4.78 is 50.2. The molecule has 6 heteroatoms. The van der Waals surface area contributed by atoms with E-state index in [4.69, 9.17) is 0 Å². The fraction of sp³-hybridized carbons (Fsp3) is 0.222. The first kappa shape index (κ1) is 12.2. The normalized spacial score (nSPS) is 11.6. The van der Waals surface area contributed by atoms with E-state index in [2.05, 4.69) is 15.9 Å². The minimum atomic E-state index is -4.88. The van der Waals surface area contributed by atoms with Crippen molar-refractivity contribution >= 4 is 21.7 Å². The van der Waals surface area contributed by atoms with Crippen LogP contribution in [0.5, 0.6) is 0 Å². The van der Waals surface area contributed by atoms with E-state index in [-0.39, 0.29) is 4.47 Å². The minimum absolute atomic E-state index is 0.0660. The minimum Gasteiger partial charge on any atom is -0.294 e. The first-order chi connectivity index (χ1) is 6.75. The zero-order chi connectivity index (χ0) is 11.8. The van der Waals surface area contributed by atoms with Crippen LogP contribution in [0.4, 0.5) is 17.6 Å². The van der Waals surface area contributed by atoms with Gasteiger partial charge in [-0.05, 0) is 19.1 Å². The summed E-state index contributed by atoms with van der Waals surface area (Å²) in [6.45, 7) is 0.953. The Morgan fingerprint density at radius 1 is 1.33 bits per heavy atom. The Kier molecular flexibility index (Phi) is 3.18. The molecule has 0 fully saturated rings. The number of ketones is 1. The Bertz CT molecular complexity index is 411. The van der Waals surface area contributed by atoms with Gasteiger partial charge in [0.1, 0.15) is 11.4 Å². The van der Waals surface area contributed by atoms with E-state index in [0.29, 0.717) is 6.07 Å². The van der Waals surface area contributed by atoms with E-state index in [9.17, 15) is 22.4 Å². The number of carbonyl (C=O) groups excluding carboxylic acids is 1. The highest BCUT2D eigenvalue weighted by molar-refractivity contribution is 9.10. The van der Waals surface area contributed by atoms with Crippen molar-refractivity contribution in [3.8, 4) is 0 Å². The van der Waals surface area contributed by atoms with Crippen LogP contribution >= 0.6 is 15.9 Å². The van der Waals surface area contributed by atoms with Gasteiger partial charge in [-0.3, -0.25) is 4.79 Å². The van der Waals surface area contributed by atoms with Gasteiger partial charge in [-0.1, -0.05) is 15.9 Å². The lowest BCUT2D eigenvalue weighted by molar-refractivity contribution is -0.140. The lowest BCUT2D eigenvalue weighted by Crippen LogP contribution is -2.15. The average Bonchev–Trinajstić information content (AvgIpc) is 2.05. The van der Waals surface area contributed by atoms with Crippen LogP contribution in [0, 0.1) is 5.82 Å². The summed E-state index contributed by atoms with van der Waals surface area (Å²) in [6.07, 6.45) is -4.88. The van der Waals surface area contributed by atoms with Crippen LogP contribution in [-0.4, -0.2) is 5.78 Å². The van der Waals surface area contributed by atoms with Crippen LogP contribution < -0.4 is 0 Å². The Morgan fingerprint density at radius 3 is 2.20 bits per heavy atom. The van der Waals surface area contributed by atoms with Gasteiger partial charge in [-0.15, -0.1) is 0 Å². The summed E-state index contributed by atoms with van der Waals surface area (Å²) in [5, 5.41) is 0. The topological polar surface area (TPSA) is 17.1 Å². The van der Waals surface area contributed by atoms with Crippen molar-refractivity contribution in [3.63, 3.8) is 0 Å². The number of halogens is 5. The molecule has 0 bridgehead atoms. The maximum absolute atomic E-state index is 13.0. The second-order valence-electron chi connectivity index (χ2n) is 2.83. The number of rotatable bonds is 1. The summed E-state index contributed by atoms with van der Waals surface area (Å²) >= 11 is 2.79. The summed E-state index contributed by atoms with van der Waals surface area (Å²) in [4.78, 5) is 11.0. The van der Waals surface area contributed by atoms with E-state index in [1.165, 1.54) is 0 Å². The first-order valence-electron chi connectivity index (χ1n) is 3.81. The molecule has 0 amide bonds. The van der Waals surface area contributed by atoms with Gasteiger partial charge < -0.3 is 0 Å². The van der Waals surface area contributed by atoms with Crippen LogP contribution in [-0.2, 0) is 6.18 Å². The summed E-state index contributed by atoms with van der Waals surface area (Å²) in [5.41, 5.74) is -2.20. The zero-order valence-corrected chi connectivity index (χ0v) is 9.04. The maximum atomic E-state index is 13.0. The van der Waals surface area contributed by atoms with Gasteiger partial charge in [0.05, 0.1) is 0 Å². The number of alkyl halides is 3. The second-order valence-corrected chi connectivity index (χ2v) is 3.69. The van der Waals surface area contributed by atoms with Crippen molar-refractivity contribution in [3.05, 3.63) is 33.5 Å². The summed E-state index contributed by atoms with van der Waals surface area (Å²) in [5.74, 6) is -2.29. The number of carbonyl (C=O) groups is 1. The molecule has 1 rings (SSSR count). The quantitative estimate of drug-likeness (QED) is 0.566. The molecular formula is C9H5BrF4O. The van der Waals surface area contributed by atoms with Crippen molar-refractivity contribution < 1.29 is 22.4 Å². The third-order valence-electron chi connectivity index (χ3n) is 1.74. The Labute approximate surface area is 91.2 Å². The highest BCUT2D eigenvalue weighted by Crippen LogP contribution is 2.37. The van der Waals surface area contributed by atoms with Crippen molar-refractivity contribution in [2.45, 2.75) is 13.1 Å². The molecule has 0 N–H and O–H groups in total. The molecule has 15 heavy (non-hydrogen) atoms. The molecule has 0 aromatic heterocycles. The standard InChI is InChI=1S/C9H5BrF4O/c1-4(15)7-5(10)2-3-6(11)8(7)9(12,13)14/h2-3H,1H3. The van der Waals surface area contributed by atoms with Crippen molar-refractivity contribution in [2.24, 2.45) is 0 Å². The number of Topliss-reactive ketones (excluding diaryl/α,β-unsaturated/α-hetero) is 1. The molecule has 1 aromatic rings. The van der Waals surface area contributed by atoms with Gasteiger partial charge in [-0.2, -0.15) is 13.2 Å². The van der Waals surface area contributed by atoms with Crippen LogP contribution in [0.25, 0.3) is 0 Å². The molecule has 0 heterocycles. The molecule has 82 valence electrons. The molecule has 0 saturated carbocycles. The zero-order valence-electron chi connectivity index (χ0n) is 7.45. The van der Waals surface area contributed by atoms with Gasteiger partial charge in [0.2, 0.25) is 0 Å².